The highest BCUT2D eigenvalue weighted by atomic mass is 16.1. The molecule has 0 spiro atoms. The maximum Gasteiger partial charge on any atom is 0.218 e. The zero-order valence-corrected chi connectivity index (χ0v) is 11.4. The van der Waals surface area contributed by atoms with E-state index in [1.165, 1.54) is 5.57 Å². The van der Waals surface area contributed by atoms with E-state index in [1.807, 2.05) is 0 Å². The van der Waals surface area contributed by atoms with Crippen LogP contribution in [0, 0.1) is 5.92 Å². The monoisotopic (exact) mass is 236 g/mol. The molecule has 2 unspecified atom stereocenters. The summed E-state index contributed by atoms with van der Waals surface area (Å²) in [5.41, 5.74) is 6.52. The van der Waals surface area contributed by atoms with Gasteiger partial charge >= 0.3 is 0 Å². The number of primary amides is 1. The van der Waals surface area contributed by atoms with Crippen LogP contribution >= 0.6 is 0 Å². The lowest BCUT2D eigenvalue weighted by atomic mass is 9.74. The minimum absolute atomic E-state index is 0.0998. The van der Waals surface area contributed by atoms with Gasteiger partial charge in [0, 0.05) is 17.9 Å². The molecule has 0 saturated heterocycles. The molecule has 0 aromatic rings. The third-order valence-corrected chi connectivity index (χ3v) is 3.90. The van der Waals surface area contributed by atoms with Crippen LogP contribution in [0.4, 0.5) is 0 Å². The largest absolute Gasteiger partial charge is 0.370 e. The molecule has 0 aromatic heterocycles. The molecule has 3 heteroatoms. The van der Waals surface area contributed by atoms with E-state index in [-0.39, 0.29) is 17.4 Å². The summed E-state index contributed by atoms with van der Waals surface area (Å²) in [6.45, 7) is 10.5. The van der Waals surface area contributed by atoms with Gasteiger partial charge in [-0.05, 0) is 26.9 Å². The number of carbonyl (C=O) groups excluding carboxylic acids is 1. The molecular formula is C14H24N2O. The van der Waals surface area contributed by atoms with Gasteiger partial charge in [0.1, 0.15) is 0 Å². The molecule has 3 nitrogen and oxygen atoms in total. The molecule has 0 fully saturated rings. The Morgan fingerprint density at radius 2 is 2.06 bits per heavy atom. The molecule has 0 radical (unpaired) electrons. The Balaban J connectivity index is 3.05. The first-order chi connectivity index (χ1) is 7.95. The van der Waals surface area contributed by atoms with Crippen molar-refractivity contribution < 1.29 is 4.79 Å². The van der Waals surface area contributed by atoms with Gasteiger partial charge in [-0.15, -0.1) is 0 Å². The Hall–Kier alpha value is -1.09. The Morgan fingerprint density at radius 3 is 2.53 bits per heavy atom. The van der Waals surface area contributed by atoms with Gasteiger partial charge in [0.2, 0.25) is 5.91 Å². The van der Waals surface area contributed by atoms with E-state index in [0.29, 0.717) is 6.42 Å². The van der Waals surface area contributed by atoms with Crippen LogP contribution in [0.25, 0.3) is 0 Å². The van der Waals surface area contributed by atoms with E-state index in [1.54, 1.807) is 0 Å². The second-order valence-corrected chi connectivity index (χ2v) is 4.89. The van der Waals surface area contributed by atoms with Crippen LogP contribution in [0.3, 0.4) is 0 Å². The summed E-state index contributed by atoms with van der Waals surface area (Å²) < 4.78 is 0. The summed E-state index contributed by atoms with van der Waals surface area (Å²) in [6, 6.07) is 0. The van der Waals surface area contributed by atoms with Crippen LogP contribution < -0.4 is 5.73 Å². The zero-order valence-electron chi connectivity index (χ0n) is 11.4. The first-order valence-corrected chi connectivity index (χ1v) is 6.35. The number of nitrogens with two attached hydrogens (primary N) is 1. The molecule has 0 bridgehead atoms. The first kappa shape index (κ1) is 14.0. The van der Waals surface area contributed by atoms with E-state index in [4.69, 9.17) is 5.73 Å². The van der Waals surface area contributed by atoms with Crippen LogP contribution in [-0.2, 0) is 4.79 Å². The molecule has 96 valence electrons. The lowest BCUT2D eigenvalue weighted by Crippen LogP contribution is -2.52. The van der Waals surface area contributed by atoms with Crippen LogP contribution in [0.5, 0.6) is 0 Å². The zero-order chi connectivity index (χ0) is 13.1. The van der Waals surface area contributed by atoms with Gasteiger partial charge in [0.25, 0.3) is 0 Å². The standard InChI is InChI=1S/C14H24N2O/c1-5-16(6-2)14(4)9-7-8-11(3)12(14)10-13(15)17/h7-9,12H,5-6,10H2,1-4H3,(H2,15,17). The quantitative estimate of drug-likeness (QED) is 0.794. The highest BCUT2D eigenvalue weighted by Gasteiger charge is 2.39. The Morgan fingerprint density at radius 1 is 1.47 bits per heavy atom. The van der Waals surface area contributed by atoms with E-state index in [2.05, 4.69) is 50.8 Å². The van der Waals surface area contributed by atoms with E-state index < -0.39 is 0 Å². The molecule has 0 heterocycles. The van der Waals surface area contributed by atoms with Gasteiger partial charge in [0.15, 0.2) is 0 Å². The smallest absolute Gasteiger partial charge is 0.218 e. The third-order valence-electron chi connectivity index (χ3n) is 3.90. The lowest BCUT2D eigenvalue weighted by Gasteiger charge is -2.45. The minimum Gasteiger partial charge on any atom is -0.370 e. The maximum absolute atomic E-state index is 11.3. The van der Waals surface area contributed by atoms with Gasteiger partial charge in [-0.25, -0.2) is 0 Å². The highest BCUT2D eigenvalue weighted by molar-refractivity contribution is 5.74. The van der Waals surface area contributed by atoms with E-state index >= 15 is 0 Å². The molecule has 1 aliphatic carbocycles. The number of nitrogens with zero attached hydrogens (tertiary/aromatic N) is 1. The molecule has 1 rings (SSSR count). The lowest BCUT2D eigenvalue weighted by molar-refractivity contribution is -0.119. The topological polar surface area (TPSA) is 46.3 Å². The summed E-state index contributed by atoms with van der Waals surface area (Å²) in [5, 5.41) is 0. The van der Waals surface area contributed by atoms with Gasteiger partial charge in [-0.3, -0.25) is 9.69 Å². The normalized spacial score (nSPS) is 28.3. The molecule has 2 atom stereocenters. The molecule has 0 saturated carbocycles. The Bertz CT molecular complexity index is 342. The molecule has 17 heavy (non-hydrogen) atoms. The highest BCUT2D eigenvalue weighted by Crippen LogP contribution is 2.36. The van der Waals surface area contributed by atoms with Crippen LogP contribution in [0.15, 0.2) is 23.8 Å². The summed E-state index contributed by atoms with van der Waals surface area (Å²) >= 11 is 0. The Labute approximate surface area is 104 Å². The first-order valence-electron chi connectivity index (χ1n) is 6.35. The molecule has 1 aliphatic rings. The molecule has 2 N–H and O–H groups in total. The van der Waals surface area contributed by atoms with Crippen LogP contribution in [0.1, 0.15) is 34.1 Å². The number of carbonyl (C=O) groups is 1. The summed E-state index contributed by atoms with van der Waals surface area (Å²) in [5.74, 6) is -0.0404. The van der Waals surface area contributed by atoms with E-state index in [9.17, 15) is 4.79 Å². The molecule has 0 aliphatic heterocycles. The van der Waals surface area contributed by atoms with Crippen molar-refractivity contribution in [2.75, 3.05) is 13.1 Å². The predicted octanol–water partition coefficient (Wildman–Crippen LogP) is 2.09. The molecular weight excluding hydrogens is 212 g/mol. The van der Waals surface area contributed by atoms with Crippen molar-refractivity contribution in [1.29, 1.82) is 0 Å². The van der Waals surface area contributed by atoms with Gasteiger partial charge in [0.05, 0.1) is 0 Å². The van der Waals surface area contributed by atoms with Crippen LogP contribution in [0.2, 0.25) is 0 Å². The second-order valence-electron chi connectivity index (χ2n) is 4.89. The number of allylic oxidation sites excluding steroid dienone is 2. The van der Waals surface area contributed by atoms with Crippen LogP contribution in [-0.4, -0.2) is 29.4 Å². The summed E-state index contributed by atoms with van der Waals surface area (Å²) in [6.07, 6.45) is 6.78. The van der Waals surface area contributed by atoms with Crippen molar-refractivity contribution in [3.8, 4) is 0 Å². The van der Waals surface area contributed by atoms with Crippen molar-refractivity contribution in [1.82, 2.24) is 4.90 Å². The number of hydrogen-bond donors (Lipinski definition) is 1. The number of hydrogen-bond acceptors (Lipinski definition) is 2. The van der Waals surface area contributed by atoms with E-state index in [0.717, 1.165) is 13.1 Å². The van der Waals surface area contributed by atoms with Crippen molar-refractivity contribution in [3.63, 3.8) is 0 Å². The number of rotatable bonds is 5. The Kier molecular flexibility index (Phi) is 4.52. The summed E-state index contributed by atoms with van der Waals surface area (Å²) in [7, 11) is 0. The van der Waals surface area contributed by atoms with Gasteiger partial charge in [-0.1, -0.05) is 37.6 Å². The van der Waals surface area contributed by atoms with Crippen molar-refractivity contribution in [2.45, 2.75) is 39.7 Å². The molecule has 1 amide bonds. The fourth-order valence-corrected chi connectivity index (χ4v) is 2.89. The fraction of sp³-hybridized carbons (Fsp3) is 0.643. The number of amides is 1. The fourth-order valence-electron chi connectivity index (χ4n) is 2.89. The average molecular weight is 236 g/mol. The number of likely N-dealkylation sites (N-methyl/N-ethyl adjacent to an activating group) is 1. The third kappa shape index (κ3) is 2.78. The van der Waals surface area contributed by atoms with Gasteiger partial charge in [-0.2, -0.15) is 0 Å². The minimum atomic E-state index is -0.226. The van der Waals surface area contributed by atoms with Gasteiger partial charge < -0.3 is 5.73 Å². The predicted molar refractivity (Wildman–Crippen MR) is 71.5 cm³/mol. The van der Waals surface area contributed by atoms with Crippen molar-refractivity contribution in [3.05, 3.63) is 23.8 Å². The SMILES string of the molecule is CCN(CC)C1(C)C=CC=C(C)C1CC(N)=O. The second kappa shape index (κ2) is 5.50. The maximum atomic E-state index is 11.3. The van der Waals surface area contributed by atoms with Crippen molar-refractivity contribution >= 4 is 5.91 Å². The summed E-state index contributed by atoms with van der Waals surface area (Å²) in [4.78, 5) is 13.6. The van der Waals surface area contributed by atoms with Crippen molar-refractivity contribution in [2.24, 2.45) is 11.7 Å². The average Bonchev–Trinajstić information content (AvgIpc) is 2.25. The molecule has 0 aromatic carbocycles.